The van der Waals surface area contributed by atoms with Crippen molar-refractivity contribution in [1.29, 1.82) is 0 Å². The lowest BCUT2D eigenvalue weighted by Gasteiger charge is -2.11. The Hall–Kier alpha value is -16.2. The van der Waals surface area contributed by atoms with E-state index in [0.29, 0.717) is 44.5 Å². The molecule has 16 nitrogen and oxygen atoms in total. The maximum absolute atomic E-state index is 14.8. The molecule has 0 amide bonds. The molecule has 0 spiro atoms. The molecule has 0 heterocycles. The van der Waals surface area contributed by atoms with E-state index in [9.17, 15) is 73.5 Å². The molecule has 0 saturated heterocycles. The zero-order chi connectivity index (χ0) is 90.2. The van der Waals surface area contributed by atoms with Crippen molar-refractivity contribution in [2.24, 2.45) is 0 Å². The van der Waals surface area contributed by atoms with E-state index in [4.69, 9.17) is 37.9 Å². The number of carbonyl (C=O) groups excluding carboxylic acids is 8. The van der Waals surface area contributed by atoms with Crippen LogP contribution in [0.1, 0.15) is 27.7 Å². The van der Waals surface area contributed by atoms with Crippen LogP contribution in [0, 0.1) is 46.5 Å². The van der Waals surface area contributed by atoms with Crippen LogP contribution >= 0.6 is 0 Å². The summed E-state index contributed by atoms with van der Waals surface area (Å²) in [5.74, 6) is -10.7. The van der Waals surface area contributed by atoms with E-state index >= 15 is 0 Å². The number of ether oxygens (including phenoxy) is 8. The van der Waals surface area contributed by atoms with Crippen molar-refractivity contribution in [2.45, 2.75) is 27.7 Å². The molecule has 12 rings (SSSR count). The van der Waals surface area contributed by atoms with Gasteiger partial charge in [0.15, 0.2) is 46.5 Å². The van der Waals surface area contributed by atoms with Gasteiger partial charge in [0.2, 0.25) is 0 Å². The van der Waals surface area contributed by atoms with Gasteiger partial charge in [-0.3, -0.25) is 0 Å². The molecule has 624 valence electrons. The smallest absolute Gasteiger partial charge is 0.338 e. The highest BCUT2D eigenvalue weighted by molar-refractivity contribution is 5.92. The van der Waals surface area contributed by atoms with E-state index in [1.807, 2.05) is 0 Å². The largest absolute Gasteiger partial charge is 0.423 e. The Morgan fingerprint density at radius 3 is 0.395 bits per heavy atom. The molecule has 0 fully saturated rings. The molecule has 12 aromatic rings. The minimum atomic E-state index is -1.01. The van der Waals surface area contributed by atoms with Crippen LogP contribution in [-0.4, -0.2) is 47.8 Å². The first-order chi connectivity index (χ1) is 59.2. The Balaban J connectivity index is 0.000000187. The third-order valence-electron chi connectivity index (χ3n) is 17.4. The molecular formula is C100H72F8O16. The quantitative estimate of drug-likeness (QED) is 0.0238. The van der Waals surface area contributed by atoms with E-state index in [-0.39, 0.29) is 113 Å². The van der Waals surface area contributed by atoms with E-state index in [0.717, 1.165) is 24.3 Å². The van der Waals surface area contributed by atoms with Crippen molar-refractivity contribution in [3.05, 3.63) is 388 Å². The summed E-state index contributed by atoms with van der Waals surface area (Å²) >= 11 is 0. The summed E-state index contributed by atoms with van der Waals surface area (Å²) in [5, 5.41) is 0. The molecule has 0 N–H and O–H groups in total. The normalized spacial score (nSPS) is 10.3. The van der Waals surface area contributed by atoms with Crippen LogP contribution in [0.4, 0.5) is 35.1 Å². The van der Waals surface area contributed by atoms with Crippen LogP contribution in [-0.2, 0) is 38.4 Å². The van der Waals surface area contributed by atoms with Crippen molar-refractivity contribution < 1.29 is 111 Å². The second kappa shape index (κ2) is 42.4. The topological polar surface area (TPSA) is 210 Å². The van der Waals surface area contributed by atoms with Crippen LogP contribution < -0.4 is 37.9 Å². The van der Waals surface area contributed by atoms with Crippen LogP contribution in [0.5, 0.6) is 46.0 Å². The summed E-state index contributed by atoms with van der Waals surface area (Å²) in [4.78, 5) is 91.2. The third kappa shape index (κ3) is 24.0. The molecule has 0 aliphatic heterocycles. The maximum atomic E-state index is 14.8. The van der Waals surface area contributed by atoms with Gasteiger partial charge < -0.3 is 37.9 Å². The summed E-state index contributed by atoms with van der Waals surface area (Å²) in [5.41, 5.74) is 4.88. The highest BCUT2D eigenvalue weighted by Gasteiger charge is 2.23. The van der Waals surface area contributed by atoms with Crippen LogP contribution in [0.2, 0.25) is 0 Å². The summed E-state index contributed by atoms with van der Waals surface area (Å²) in [7, 11) is 0. The summed E-state index contributed by atoms with van der Waals surface area (Å²) < 4.78 is 159. The lowest BCUT2D eigenvalue weighted by molar-refractivity contribution is -0.130. The summed E-state index contributed by atoms with van der Waals surface area (Å²) in [6, 6.07) is 59.9. The predicted octanol–water partition coefficient (Wildman–Crippen LogP) is 23.5. The van der Waals surface area contributed by atoms with Gasteiger partial charge in [0, 0.05) is 91.1 Å². The van der Waals surface area contributed by atoms with E-state index < -0.39 is 94.3 Å². The Kier molecular flexibility index (Phi) is 31.4. The molecule has 0 atom stereocenters. The molecule has 12 aromatic carbocycles. The lowest BCUT2D eigenvalue weighted by Crippen LogP contribution is -2.08. The van der Waals surface area contributed by atoms with Crippen molar-refractivity contribution in [3.63, 3.8) is 0 Å². The van der Waals surface area contributed by atoms with Crippen molar-refractivity contribution in [1.82, 2.24) is 0 Å². The molecule has 0 aromatic heterocycles. The standard InChI is InChI=1S/C26H20F2O4.2C25H18F2O4.C24H16F2O4/c1-15(2)25(29)31-19-9-5-17(6-10-19)21-13-14-22(24(28)23(21)27)18-7-11-20(12-8-18)32-26(30)16(3)4;2*1-4-22(28)30-18-9-5-16(6-10-18)20-13-14-21(24(27)23(20)26)17-7-11-19(12-8-17)31-25(29)15(2)3;1-3-21(27)29-17-9-5-15(6-10-17)19-13-14-20(24(26)23(19)25)16-7-11-18(12-8-16)30-22(28)4-2/h5-14H,1,3H2,2,4H3;2*4-14H,1-2H2,3H3;3-14H,1-2H2. The Morgan fingerprint density at radius 2 is 0.298 bits per heavy atom. The van der Waals surface area contributed by atoms with Gasteiger partial charge in [0.05, 0.1) is 0 Å². The predicted molar refractivity (Wildman–Crippen MR) is 454 cm³/mol. The fraction of sp³-hybridized carbons (Fsp3) is 0.0400. The van der Waals surface area contributed by atoms with E-state index in [1.165, 1.54) is 270 Å². The molecule has 0 saturated carbocycles. The van der Waals surface area contributed by atoms with Gasteiger partial charge in [-0.1, -0.05) is 198 Å². The Morgan fingerprint density at radius 1 is 0.194 bits per heavy atom. The van der Waals surface area contributed by atoms with Gasteiger partial charge in [0.1, 0.15) is 46.0 Å². The van der Waals surface area contributed by atoms with Crippen LogP contribution in [0.15, 0.2) is 342 Å². The number of rotatable bonds is 24. The van der Waals surface area contributed by atoms with Gasteiger partial charge in [-0.25, -0.2) is 73.5 Å². The van der Waals surface area contributed by atoms with Gasteiger partial charge in [-0.05, 0) is 169 Å². The van der Waals surface area contributed by atoms with Gasteiger partial charge in [-0.2, -0.15) is 0 Å². The third-order valence-corrected chi connectivity index (χ3v) is 17.4. The molecule has 0 aliphatic rings. The second-order valence-electron chi connectivity index (χ2n) is 26.5. The fourth-order valence-electron chi connectivity index (χ4n) is 11.0. The first-order valence-electron chi connectivity index (χ1n) is 36.8. The average Bonchev–Trinajstić information content (AvgIpc) is 0.807. The van der Waals surface area contributed by atoms with E-state index in [1.54, 1.807) is 0 Å². The number of benzene rings is 12. The second-order valence-corrected chi connectivity index (χ2v) is 26.5. The molecular weight excluding hydrogens is 1610 g/mol. The summed E-state index contributed by atoms with van der Waals surface area (Å²) in [6.45, 7) is 33.3. The monoisotopic (exact) mass is 1680 g/mol. The molecule has 0 radical (unpaired) electrons. The highest BCUT2D eigenvalue weighted by atomic mass is 19.2. The first kappa shape index (κ1) is 91.7. The Labute approximate surface area is 706 Å². The number of carbonyl (C=O) groups is 8. The SMILES string of the molecule is C=C(C)C(=O)Oc1ccc(-c2ccc(-c3ccc(OC(=O)C(=C)C)cc3)c(F)c2F)cc1.C=CC(=O)Oc1ccc(-c2ccc(-c3ccc(OC(=O)C(=C)C)cc3)c(F)c2F)cc1.C=CC(=O)Oc1ccc(-c2ccc(-c3ccc(OC(=O)C(=C)C)cc3)c(F)c2F)cc1.C=CC(=O)Oc1ccc(-c2ccc(-c3ccc(OC(=O)C=C)cc3)c(F)c2F)cc1. The minimum absolute atomic E-state index is 0.0642. The van der Waals surface area contributed by atoms with Crippen LogP contribution in [0.25, 0.3) is 89.0 Å². The minimum Gasteiger partial charge on any atom is -0.423 e. The average molecular weight is 1680 g/mol. The number of hydrogen-bond acceptors (Lipinski definition) is 16. The number of esters is 8. The Bertz CT molecular complexity index is 5790. The van der Waals surface area contributed by atoms with Gasteiger partial charge in [-0.15, -0.1) is 0 Å². The maximum Gasteiger partial charge on any atom is 0.338 e. The molecule has 0 bridgehead atoms. The lowest BCUT2D eigenvalue weighted by atomic mass is 9.98. The van der Waals surface area contributed by atoms with E-state index in [2.05, 4.69) is 52.6 Å². The molecule has 0 aliphatic carbocycles. The van der Waals surface area contributed by atoms with Crippen molar-refractivity contribution in [2.75, 3.05) is 0 Å². The molecule has 124 heavy (non-hydrogen) atoms. The fourth-order valence-corrected chi connectivity index (χ4v) is 11.0. The highest BCUT2D eigenvalue weighted by Crippen LogP contribution is 2.39. The van der Waals surface area contributed by atoms with Gasteiger partial charge in [0.25, 0.3) is 0 Å². The molecule has 0 unspecified atom stereocenters. The summed E-state index contributed by atoms with van der Waals surface area (Å²) in [6.07, 6.45) is 4.10. The van der Waals surface area contributed by atoms with Crippen molar-refractivity contribution >= 4 is 47.8 Å². The number of halogens is 8. The number of hydrogen-bond donors (Lipinski definition) is 0. The zero-order valence-electron chi connectivity index (χ0n) is 66.6. The first-order valence-corrected chi connectivity index (χ1v) is 36.8. The van der Waals surface area contributed by atoms with Gasteiger partial charge >= 0.3 is 47.8 Å². The van der Waals surface area contributed by atoms with Crippen molar-refractivity contribution in [3.8, 4) is 135 Å². The molecule has 24 heteroatoms. The van der Waals surface area contributed by atoms with Crippen LogP contribution in [0.3, 0.4) is 0 Å². The zero-order valence-corrected chi connectivity index (χ0v) is 66.6.